The van der Waals surface area contributed by atoms with Crippen LogP contribution in [0.25, 0.3) is 0 Å². The van der Waals surface area contributed by atoms with Crippen molar-refractivity contribution in [1.29, 1.82) is 0 Å². The first kappa shape index (κ1) is 22.6. The maximum Gasteiger partial charge on any atom is 0.408 e. The lowest BCUT2D eigenvalue weighted by atomic mass is 10.1. The number of carbonyl (C=O) groups excluding carboxylic acids is 2. The standard InChI is InChI=1S/C22H24N2O6/c1-2-29-20(23-14-19(25)17-11-7-4-8-12-17)13-18(21(26)27)24-22(28)30-15-16-9-5-3-6-10-16/h3-12,18H,2,13-15H2,1H3,(H,24,28)(H,26,27)/t18-/m0/s1. The van der Waals surface area contributed by atoms with Gasteiger partial charge in [0.1, 0.15) is 19.2 Å². The van der Waals surface area contributed by atoms with Gasteiger partial charge >= 0.3 is 12.1 Å². The zero-order valence-corrected chi connectivity index (χ0v) is 16.6. The molecule has 2 N–H and O–H groups in total. The summed E-state index contributed by atoms with van der Waals surface area (Å²) in [6.07, 6.45) is -1.09. The van der Waals surface area contributed by atoms with Crippen LogP contribution in [0.2, 0.25) is 0 Å². The van der Waals surface area contributed by atoms with Gasteiger partial charge in [-0.3, -0.25) is 4.79 Å². The fourth-order valence-electron chi connectivity index (χ4n) is 2.49. The Bertz CT molecular complexity index is 868. The molecule has 0 spiro atoms. The molecular formula is C22H24N2O6. The Kier molecular flexibility index (Phi) is 9.05. The molecule has 0 heterocycles. The SMILES string of the molecule is CCOC(C[C@H](NC(=O)OCc1ccccc1)C(=O)O)=NCC(=O)c1ccccc1. The highest BCUT2D eigenvalue weighted by Gasteiger charge is 2.24. The van der Waals surface area contributed by atoms with E-state index >= 15 is 0 Å². The largest absolute Gasteiger partial charge is 0.481 e. The number of carbonyl (C=O) groups is 3. The summed E-state index contributed by atoms with van der Waals surface area (Å²) < 4.78 is 10.4. The van der Waals surface area contributed by atoms with Gasteiger partial charge in [0.05, 0.1) is 13.0 Å². The lowest BCUT2D eigenvalue weighted by Crippen LogP contribution is -2.42. The van der Waals surface area contributed by atoms with Crippen LogP contribution in [0.15, 0.2) is 65.7 Å². The molecule has 0 aliphatic carbocycles. The van der Waals surface area contributed by atoms with Gasteiger partial charge in [-0.15, -0.1) is 0 Å². The Balaban J connectivity index is 1.95. The van der Waals surface area contributed by atoms with Crippen molar-refractivity contribution in [3.8, 4) is 0 Å². The summed E-state index contributed by atoms with van der Waals surface area (Å²) in [6, 6.07) is 16.3. The lowest BCUT2D eigenvalue weighted by Gasteiger charge is -2.16. The van der Waals surface area contributed by atoms with Crippen LogP contribution in [0.3, 0.4) is 0 Å². The average molecular weight is 412 g/mol. The Labute approximate surface area is 174 Å². The first-order valence-electron chi connectivity index (χ1n) is 9.44. The molecule has 1 amide bonds. The zero-order chi connectivity index (χ0) is 21.8. The van der Waals surface area contributed by atoms with Crippen molar-refractivity contribution in [2.75, 3.05) is 13.2 Å². The zero-order valence-electron chi connectivity index (χ0n) is 16.6. The molecule has 0 bridgehead atoms. The average Bonchev–Trinajstić information content (AvgIpc) is 2.76. The summed E-state index contributed by atoms with van der Waals surface area (Å²) in [7, 11) is 0. The molecule has 1 atom stereocenters. The number of ether oxygens (including phenoxy) is 2. The second-order valence-corrected chi connectivity index (χ2v) is 6.23. The van der Waals surface area contributed by atoms with Gasteiger partial charge in [-0.2, -0.15) is 0 Å². The minimum Gasteiger partial charge on any atom is -0.481 e. The highest BCUT2D eigenvalue weighted by atomic mass is 16.5. The molecule has 2 rings (SSSR count). The molecule has 8 heteroatoms. The summed E-state index contributed by atoms with van der Waals surface area (Å²) >= 11 is 0. The minimum atomic E-state index is -1.31. The quantitative estimate of drug-likeness (QED) is 0.352. The number of rotatable bonds is 10. The minimum absolute atomic E-state index is 0.0109. The maximum atomic E-state index is 12.2. The molecule has 0 saturated heterocycles. The number of nitrogens with one attached hydrogen (secondary N) is 1. The van der Waals surface area contributed by atoms with Crippen LogP contribution in [0, 0.1) is 0 Å². The number of carboxylic acids is 1. The van der Waals surface area contributed by atoms with E-state index in [2.05, 4.69) is 10.3 Å². The predicted molar refractivity (Wildman–Crippen MR) is 111 cm³/mol. The Morgan fingerprint density at radius 3 is 2.23 bits per heavy atom. The number of amides is 1. The second-order valence-electron chi connectivity index (χ2n) is 6.23. The highest BCUT2D eigenvalue weighted by molar-refractivity contribution is 5.99. The highest BCUT2D eigenvalue weighted by Crippen LogP contribution is 2.05. The third-order valence-electron chi connectivity index (χ3n) is 3.99. The van der Waals surface area contributed by atoms with Crippen molar-refractivity contribution in [2.45, 2.75) is 26.0 Å². The number of hydrogen-bond acceptors (Lipinski definition) is 6. The fourth-order valence-corrected chi connectivity index (χ4v) is 2.49. The Morgan fingerprint density at radius 2 is 1.63 bits per heavy atom. The lowest BCUT2D eigenvalue weighted by molar-refractivity contribution is -0.139. The third kappa shape index (κ3) is 7.75. The number of alkyl carbamates (subject to hydrolysis) is 1. The third-order valence-corrected chi connectivity index (χ3v) is 3.99. The van der Waals surface area contributed by atoms with E-state index in [0.29, 0.717) is 5.56 Å². The number of Topliss-reactive ketones (excluding diaryl/α,β-unsaturated/α-hetero) is 1. The van der Waals surface area contributed by atoms with Crippen molar-refractivity contribution >= 4 is 23.7 Å². The summed E-state index contributed by atoms with van der Waals surface area (Å²) in [5, 5.41) is 11.7. The van der Waals surface area contributed by atoms with E-state index in [0.717, 1.165) is 5.56 Å². The molecule has 0 aliphatic heterocycles. The molecule has 2 aromatic carbocycles. The van der Waals surface area contributed by atoms with E-state index in [1.807, 2.05) is 6.07 Å². The smallest absolute Gasteiger partial charge is 0.408 e. The first-order valence-corrected chi connectivity index (χ1v) is 9.44. The van der Waals surface area contributed by atoms with Crippen LogP contribution in [-0.2, 0) is 20.9 Å². The molecule has 158 valence electrons. The number of nitrogens with zero attached hydrogens (tertiary/aromatic N) is 1. The van der Waals surface area contributed by atoms with Crippen LogP contribution in [0.4, 0.5) is 4.79 Å². The van der Waals surface area contributed by atoms with Gasteiger partial charge in [0.15, 0.2) is 11.7 Å². The number of carboxylic acid groups (broad SMARTS) is 1. The van der Waals surface area contributed by atoms with Gasteiger partial charge in [0, 0.05) is 5.56 Å². The fraction of sp³-hybridized carbons (Fsp3) is 0.273. The number of ketones is 1. The van der Waals surface area contributed by atoms with E-state index in [1.165, 1.54) is 0 Å². The number of aliphatic imine (C=N–C) groups is 1. The molecule has 0 radical (unpaired) electrons. The normalized spacial score (nSPS) is 12.0. The second kappa shape index (κ2) is 12.0. The first-order chi connectivity index (χ1) is 14.5. The van der Waals surface area contributed by atoms with Crippen LogP contribution in [0.5, 0.6) is 0 Å². The van der Waals surface area contributed by atoms with Crippen molar-refractivity contribution in [3.05, 3.63) is 71.8 Å². The Hall–Kier alpha value is -3.68. The molecule has 30 heavy (non-hydrogen) atoms. The molecular weight excluding hydrogens is 388 g/mol. The molecule has 0 saturated carbocycles. The molecule has 0 aliphatic rings. The number of aliphatic carboxylic acids is 1. The number of benzene rings is 2. The van der Waals surface area contributed by atoms with Gasteiger partial charge in [0.2, 0.25) is 0 Å². The summed E-state index contributed by atoms with van der Waals surface area (Å²) in [6.45, 7) is 1.77. The van der Waals surface area contributed by atoms with Gasteiger partial charge in [-0.1, -0.05) is 60.7 Å². The monoisotopic (exact) mass is 412 g/mol. The summed E-state index contributed by atoms with van der Waals surface area (Å²) in [5.41, 5.74) is 1.27. The molecule has 8 nitrogen and oxygen atoms in total. The van der Waals surface area contributed by atoms with Gasteiger partial charge in [0.25, 0.3) is 0 Å². The molecule has 0 fully saturated rings. The van der Waals surface area contributed by atoms with Crippen molar-refractivity contribution in [1.82, 2.24) is 5.32 Å². The van der Waals surface area contributed by atoms with Gasteiger partial charge in [-0.05, 0) is 12.5 Å². The molecule has 0 unspecified atom stereocenters. The van der Waals surface area contributed by atoms with Crippen molar-refractivity contribution in [3.63, 3.8) is 0 Å². The van der Waals surface area contributed by atoms with Crippen molar-refractivity contribution < 1.29 is 29.0 Å². The van der Waals surface area contributed by atoms with E-state index in [1.54, 1.807) is 61.5 Å². The molecule has 2 aromatic rings. The summed E-state index contributed by atoms with van der Waals surface area (Å²) in [5.74, 6) is -1.43. The van der Waals surface area contributed by atoms with E-state index in [9.17, 15) is 19.5 Å². The van der Waals surface area contributed by atoms with E-state index < -0.39 is 18.1 Å². The van der Waals surface area contributed by atoms with Crippen LogP contribution >= 0.6 is 0 Å². The van der Waals surface area contributed by atoms with Crippen LogP contribution < -0.4 is 5.32 Å². The van der Waals surface area contributed by atoms with Crippen LogP contribution in [0.1, 0.15) is 29.3 Å². The van der Waals surface area contributed by atoms with E-state index in [4.69, 9.17) is 9.47 Å². The number of hydrogen-bond donors (Lipinski definition) is 2. The van der Waals surface area contributed by atoms with Crippen molar-refractivity contribution in [2.24, 2.45) is 4.99 Å². The Morgan fingerprint density at radius 1 is 1.00 bits per heavy atom. The predicted octanol–water partition coefficient (Wildman–Crippen LogP) is 3.07. The van der Waals surface area contributed by atoms with Gasteiger partial charge in [-0.25, -0.2) is 14.6 Å². The topological polar surface area (TPSA) is 114 Å². The maximum absolute atomic E-state index is 12.2. The van der Waals surface area contributed by atoms with Gasteiger partial charge < -0.3 is 19.9 Å². The summed E-state index contributed by atoms with van der Waals surface area (Å²) in [4.78, 5) is 39.9. The van der Waals surface area contributed by atoms with Crippen LogP contribution in [-0.4, -0.2) is 48.0 Å². The molecule has 0 aromatic heterocycles. The van der Waals surface area contributed by atoms with E-state index in [-0.39, 0.29) is 37.9 Å².